The van der Waals surface area contributed by atoms with E-state index in [9.17, 15) is 4.79 Å². The minimum atomic E-state index is -0.0650. The summed E-state index contributed by atoms with van der Waals surface area (Å²) in [6.45, 7) is 5.56. The van der Waals surface area contributed by atoms with E-state index in [0.29, 0.717) is 6.54 Å². The standard InChI is InChI=1S/C11H18N4O/c1-2-12-8-9-7-10(16)14-11(13-9)15-5-3-4-6-15/h7,12H,2-6,8H2,1H3,(H,13,14,16). The molecule has 2 heterocycles. The molecule has 2 rings (SSSR count). The van der Waals surface area contributed by atoms with E-state index in [4.69, 9.17) is 0 Å². The molecule has 1 aromatic rings. The van der Waals surface area contributed by atoms with E-state index in [1.165, 1.54) is 12.8 Å². The summed E-state index contributed by atoms with van der Waals surface area (Å²) in [6, 6.07) is 1.56. The maximum absolute atomic E-state index is 11.5. The van der Waals surface area contributed by atoms with Gasteiger partial charge in [0.15, 0.2) is 0 Å². The lowest BCUT2D eigenvalue weighted by Crippen LogP contribution is -2.25. The van der Waals surface area contributed by atoms with Crippen LogP contribution >= 0.6 is 0 Å². The van der Waals surface area contributed by atoms with Crippen LogP contribution in [0.3, 0.4) is 0 Å². The number of nitrogens with one attached hydrogen (secondary N) is 2. The third-order valence-electron chi connectivity index (χ3n) is 2.74. The van der Waals surface area contributed by atoms with Crippen LogP contribution in [0.1, 0.15) is 25.5 Å². The van der Waals surface area contributed by atoms with Crippen LogP contribution in [0.15, 0.2) is 10.9 Å². The minimum absolute atomic E-state index is 0.0650. The molecule has 2 N–H and O–H groups in total. The highest BCUT2D eigenvalue weighted by molar-refractivity contribution is 5.31. The van der Waals surface area contributed by atoms with Crippen molar-refractivity contribution in [2.24, 2.45) is 0 Å². The summed E-state index contributed by atoms with van der Waals surface area (Å²) in [6.07, 6.45) is 2.36. The van der Waals surface area contributed by atoms with Gasteiger partial charge in [0.2, 0.25) is 5.95 Å². The predicted molar refractivity (Wildman–Crippen MR) is 63.7 cm³/mol. The summed E-state index contributed by atoms with van der Waals surface area (Å²) in [7, 11) is 0. The third kappa shape index (κ3) is 2.61. The van der Waals surface area contributed by atoms with Crippen molar-refractivity contribution in [2.75, 3.05) is 24.5 Å². The Morgan fingerprint density at radius 1 is 1.50 bits per heavy atom. The van der Waals surface area contributed by atoms with E-state index >= 15 is 0 Å². The summed E-state index contributed by atoms with van der Waals surface area (Å²) >= 11 is 0. The summed E-state index contributed by atoms with van der Waals surface area (Å²) in [5.74, 6) is 0.720. The third-order valence-corrected chi connectivity index (χ3v) is 2.74. The molecule has 88 valence electrons. The van der Waals surface area contributed by atoms with Gasteiger partial charge < -0.3 is 10.2 Å². The molecule has 0 unspecified atom stereocenters. The number of anilines is 1. The smallest absolute Gasteiger partial charge is 0.252 e. The molecule has 5 nitrogen and oxygen atoms in total. The van der Waals surface area contributed by atoms with E-state index in [0.717, 1.165) is 31.3 Å². The van der Waals surface area contributed by atoms with Gasteiger partial charge in [0.1, 0.15) is 0 Å². The van der Waals surface area contributed by atoms with Crippen molar-refractivity contribution in [3.05, 3.63) is 22.1 Å². The highest BCUT2D eigenvalue weighted by atomic mass is 16.1. The number of hydrogen-bond acceptors (Lipinski definition) is 4. The summed E-state index contributed by atoms with van der Waals surface area (Å²) in [5.41, 5.74) is 0.748. The lowest BCUT2D eigenvalue weighted by Gasteiger charge is -2.16. The highest BCUT2D eigenvalue weighted by Crippen LogP contribution is 2.13. The molecule has 0 aromatic carbocycles. The number of rotatable bonds is 4. The van der Waals surface area contributed by atoms with Crippen molar-refractivity contribution in [1.82, 2.24) is 15.3 Å². The van der Waals surface area contributed by atoms with Crippen LogP contribution in [0.25, 0.3) is 0 Å². The van der Waals surface area contributed by atoms with Gasteiger partial charge in [-0.25, -0.2) is 4.98 Å². The SMILES string of the molecule is CCNCc1cc(=O)[nH]c(N2CCCC2)n1. The van der Waals surface area contributed by atoms with Crippen molar-refractivity contribution in [2.45, 2.75) is 26.3 Å². The summed E-state index contributed by atoms with van der Waals surface area (Å²) in [5, 5.41) is 3.18. The monoisotopic (exact) mass is 222 g/mol. The number of nitrogens with zero attached hydrogens (tertiary/aromatic N) is 2. The van der Waals surface area contributed by atoms with Crippen molar-refractivity contribution < 1.29 is 0 Å². The number of aromatic nitrogens is 2. The van der Waals surface area contributed by atoms with Crippen molar-refractivity contribution >= 4 is 5.95 Å². The topological polar surface area (TPSA) is 61.0 Å². The van der Waals surface area contributed by atoms with Crippen LogP contribution in [0.2, 0.25) is 0 Å². The van der Waals surface area contributed by atoms with E-state index < -0.39 is 0 Å². The predicted octanol–water partition coefficient (Wildman–Crippen LogP) is 0.480. The molecule has 1 saturated heterocycles. The van der Waals surface area contributed by atoms with Gasteiger partial charge >= 0.3 is 0 Å². The lowest BCUT2D eigenvalue weighted by molar-refractivity contribution is 0.703. The number of H-pyrrole nitrogens is 1. The molecule has 0 bridgehead atoms. The second kappa shape index (κ2) is 5.12. The molecule has 16 heavy (non-hydrogen) atoms. The first-order valence-electron chi connectivity index (χ1n) is 5.85. The Balaban J connectivity index is 2.17. The van der Waals surface area contributed by atoms with Gasteiger partial charge in [-0.1, -0.05) is 6.92 Å². The number of aromatic amines is 1. The van der Waals surface area contributed by atoms with Crippen LogP contribution < -0.4 is 15.8 Å². The highest BCUT2D eigenvalue weighted by Gasteiger charge is 2.14. The zero-order chi connectivity index (χ0) is 11.4. The van der Waals surface area contributed by atoms with E-state index in [2.05, 4.69) is 20.2 Å². The molecule has 1 fully saturated rings. The Labute approximate surface area is 94.9 Å². The van der Waals surface area contributed by atoms with Gasteiger partial charge in [0.05, 0.1) is 5.69 Å². The first kappa shape index (κ1) is 11.1. The number of hydrogen-bond donors (Lipinski definition) is 2. The van der Waals surface area contributed by atoms with Gasteiger partial charge in [-0.05, 0) is 19.4 Å². The Hall–Kier alpha value is -1.36. The summed E-state index contributed by atoms with van der Waals surface area (Å²) in [4.78, 5) is 20.9. The molecule has 1 aliphatic heterocycles. The normalized spacial score (nSPS) is 15.7. The first-order valence-corrected chi connectivity index (χ1v) is 5.85. The zero-order valence-corrected chi connectivity index (χ0v) is 9.62. The molecule has 0 amide bonds. The Bertz CT molecular complexity index is 395. The minimum Gasteiger partial charge on any atom is -0.342 e. The van der Waals surface area contributed by atoms with Crippen LogP contribution in [-0.4, -0.2) is 29.6 Å². The fourth-order valence-corrected chi connectivity index (χ4v) is 1.92. The van der Waals surface area contributed by atoms with E-state index in [-0.39, 0.29) is 5.56 Å². The van der Waals surface area contributed by atoms with Gasteiger partial charge in [-0.3, -0.25) is 9.78 Å². The maximum atomic E-state index is 11.5. The van der Waals surface area contributed by atoms with Gasteiger partial charge in [0.25, 0.3) is 5.56 Å². The van der Waals surface area contributed by atoms with Gasteiger partial charge in [-0.2, -0.15) is 0 Å². The van der Waals surface area contributed by atoms with Crippen LogP contribution in [0.4, 0.5) is 5.95 Å². The van der Waals surface area contributed by atoms with Crippen molar-refractivity contribution in [1.29, 1.82) is 0 Å². The van der Waals surface area contributed by atoms with Crippen LogP contribution in [0, 0.1) is 0 Å². The molecule has 1 aromatic heterocycles. The Morgan fingerprint density at radius 2 is 2.25 bits per heavy atom. The maximum Gasteiger partial charge on any atom is 0.252 e. The van der Waals surface area contributed by atoms with Crippen molar-refractivity contribution in [3.63, 3.8) is 0 Å². The molecular weight excluding hydrogens is 204 g/mol. The molecular formula is C11H18N4O. The largest absolute Gasteiger partial charge is 0.342 e. The first-order chi connectivity index (χ1) is 7.79. The fraction of sp³-hybridized carbons (Fsp3) is 0.636. The Morgan fingerprint density at radius 3 is 2.94 bits per heavy atom. The average molecular weight is 222 g/mol. The fourth-order valence-electron chi connectivity index (χ4n) is 1.92. The van der Waals surface area contributed by atoms with E-state index in [1.54, 1.807) is 6.07 Å². The second-order valence-electron chi connectivity index (χ2n) is 4.03. The molecule has 5 heteroatoms. The Kier molecular flexibility index (Phi) is 3.56. The summed E-state index contributed by atoms with van der Waals surface area (Å²) < 4.78 is 0. The van der Waals surface area contributed by atoms with Crippen LogP contribution in [-0.2, 0) is 6.54 Å². The molecule has 0 radical (unpaired) electrons. The van der Waals surface area contributed by atoms with Crippen molar-refractivity contribution in [3.8, 4) is 0 Å². The van der Waals surface area contributed by atoms with Gasteiger partial charge in [0, 0.05) is 25.7 Å². The van der Waals surface area contributed by atoms with E-state index in [1.807, 2.05) is 6.92 Å². The van der Waals surface area contributed by atoms with Crippen LogP contribution in [0.5, 0.6) is 0 Å². The molecule has 0 atom stereocenters. The lowest BCUT2D eigenvalue weighted by atomic mass is 10.4. The zero-order valence-electron chi connectivity index (χ0n) is 9.62. The molecule has 1 aliphatic rings. The molecule has 0 saturated carbocycles. The molecule has 0 aliphatic carbocycles. The second-order valence-corrected chi connectivity index (χ2v) is 4.03. The average Bonchev–Trinajstić information content (AvgIpc) is 2.79. The quantitative estimate of drug-likeness (QED) is 0.778. The van der Waals surface area contributed by atoms with Gasteiger partial charge in [-0.15, -0.1) is 0 Å². The molecule has 0 spiro atoms.